The molecular weight excluding hydrogens is 392 g/mol. The van der Waals surface area contributed by atoms with Crippen molar-refractivity contribution in [2.24, 2.45) is 5.10 Å². The van der Waals surface area contributed by atoms with Crippen molar-refractivity contribution in [2.45, 2.75) is 12.8 Å². The van der Waals surface area contributed by atoms with E-state index in [1.165, 1.54) is 24.4 Å². The monoisotopic (exact) mass is 414 g/mol. The summed E-state index contributed by atoms with van der Waals surface area (Å²) in [4.78, 5) is 28.1. The number of aromatic hydroxyl groups is 1. The number of rotatable bonds is 6. The number of nitrogens with one attached hydrogen (secondary N) is 1. The molecule has 4 rings (SSSR count). The van der Waals surface area contributed by atoms with Crippen molar-refractivity contribution in [2.75, 3.05) is 54.6 Å². The number of phenolic OH excluding ortho intramolecular Hbond substituents is 1. The lowest BCUT2D eigenvalue weighted by molar-refractivity contribution is -0.384. The molecule has 2 N–H and O–H groups in total. The molecule has 2 fully saturated rings. The number of nitrogens with zero attached hydrogens (tertiary/aromatic N) is 7. The molecule has 158 valence electrons. The molecule has 0 amide bonds. The van der Waals surface area contributed by atoms with Crippen LogP contribution >= 0.6 is 0 Å². The minimum atomic E-state index is -0.535. The molecule has 0 bridgehead atoms. The van der Waals surface area contributed by atoms with Crippen molar-refractivity contribution >= 4 is 29.7 Å². The van der Waals surface area contributed by atoms with Crippen molar-refractivity contribution in [1.82, 2.24) is 15.0 Å². The predicted molar refractivity (Wildman–Crippen MR) is 110 cm³/mol. The van der Waals surface area contributed by atoms with Gasteiger partial charge in [0.25, 0.3) is 5.69 Å². The van der Waals surface area contributed by atoms with Crippen LogP contribution < -0.4 is 15.2 Å². The number of benzene rings is 1. The molecule has 2 saturated heterocycles. The average Bonchev–Trinajstić information content (AvgIpc) is 3.30. The molecule has 30 heavy (non-hydrogen) atoms. The Morgan fingerprint density at radius 3 is 2.43 bits per heavy atom. The van der Waals surface area contributed by atoms with Crippen LogP contribution in [-0.4, -0.2) is 70.6 Å². The number of aromatic nitrogens is 3. The van der Waals surface area contributed by atoms with Gasteiger partial charge in [0.05, 0.1) is 24.4 Å². The molecule has 0 unspecified atom stereocenters. The van der Waals surface area contributed by atoms with E-state index in [4.69, 9.17) is 4.74 Å². The molecule has 2 aliphatic heterocycles. The Morgan fingerprint density at radius 1 is 1.10 bits per heavy atom. The van der Waals surface area contributed by atoms with Gasteiger partial charge in [-0.1, -0.05) is 0 Å². The largest absolute Gasteiger partial charge is 0.507 e. The van der Waals surface area contributed by atoms with Gasteiger partial charge < -0.3 is 19.6 Å². The molecule has 1 aromatic heterocycles. The third-order valence-electron chi connectivity index (χ3n) is 4.88. The van der Waals surface area contributed by atoms with E-state index in [1.807, 2.05) is 4.90 Å². The van der Waals surface area contributed by atoms with Gasteiger partial charge in [0.2, 0.25) is 17.8 Å². The molecule has 1 aromatic carbocycles. The second-order valence-electron chi connectivity index (χ2n) is 6.92. The van der Waals surface area contributed by atoms with Crippen molar-refractivity contribution < 1.29 is 14.8 Å². The molecule has 0 saturated carbocycles. The SMILES string of the molecule is O=[N+]([O-])c1ccc(O)c(/C=N/Nc2nc(N3CCCC3)nc(N3CCOCC3)n2)c1. The highest BCUT2D eigenvalue weighted by atomic mass is 16.6. The highest BCUT2D eigenvalue weighted by molar-refractivity contribution is 5.84. The number of non-ortho nitro benzene ring substituents is 1. The van der Waals surface area contributed by atoms with Gasteiger partial charge in [0.1, 0.15) is 5.75 Å². The Morgan fingerprint density at radius 2 is 1.77 bits per heavy atom. The van der Waals surface area contributed by atoms with Crippen molar-refractivity contribution in [3.63, 3.8) is 0 Å². The molecule has 12 heteroatoms. The van der Waals surface area contributed by atoms with Crippen molar-refractivity contribution in [3.8, 4) is 5.75 Å². The zero-order valence-corrected chi connectivity index (χ0v) is 16.3. The van der Waals surface area contributed by atoms with Crippen LogP contribution in [0, 0.1) is 10.1 Å². The smallest absolute Gasteiger partial charge is 0.270 e. The van der Waals surface area contributed by atoms with Crippen LogP contribution in [0.4, 0.5) is 23.5 Å². The lowest BCUT2D eigenvalue weighted by Gasteiger charge is -2.27. The van der Waals surface area contributed by atoms with Crippen LogP contribution in [0.2, 0.25) is 0 Å². The lowest BCUT2D eigenvalue weighted by Crippen LogP contribution is -2.38. The molecule has 0 spiro atoms. The van der Waals surface area contributed by atoms with E-state index in [-0.39, 0.29) is 22.9 Å². The highest BCUT2D eigenvalue weighted by Crippen LogP contribution is 2.22. The summed E-state index contributed by atoms with van der Waals surface area (Å²) in [6, 6.07) is 3.72. The van der Waals surface area contributed by atoms with E-state index in [9.17, 15) is 15.2 Å². The van der Waals surface area contributed by atoms with Gasteiger partial charge in [0, 0.05) is 43.9 Å². The van der Waals surface area contributed by atoms with E-state index >= 15 is 0 Å². The molecule has 0 aliphatic carbocycles. The number of hydrogen-bond acceptors (Lipinski definition) is 11. The van der Waals surface area contributed by atoms with Gasteiger partial charge in [-0.25, -0.2) is 5.43 Å². The molecular formula is C18H22N8O4. The summed E-state index contributed by atoms with van der Waals surface area (Å²) in [6.07, 6.45) is 3.47. The third kappa shape index (κ3) is 4.54. The molecule has 12 nitrogen and oxygen atoms in total. The number of anilines is 3. The average molecular weight is 414 g/mol. The number of hydrazone groups is 1. The molecule has 0 radical (unpaired) electrons. The zero-order valence-electron chi connectivity index (χ0n) is 16.3. The number of hydrogen-bond donors (Lipinski definition) is 2. The van der Waals surface area contributed by atoms with Gasteiger partial charge in [-0.3, -0.25) is 10.1 Å². The fourth-order valence-electron chi connectivity index (χ4n) is 3.29. The molecule has 2 aromatic rings. The number of ether oxygens (including phenoxy) is 1. The fraction of sp³-hybridized carbons (Fsp3) is 0.444. The minimum Gasteiger partial charge on any atom is -0.507 e. The number of phenols is 1. The van der Waals surface area contributed by atoms with Crippen molar-refractivity contribution in [3.05, 3.63) is 33.9 Å². The Balaban J connectivity index is 1.56. The quantitative estimate of drug-likeness (QED) is 0.404. The molecule has 2 aliphatic rings. The summed E-state index contributed by atoms with van der Waals surface area (Å²) in [6.45, 7) is 4.37. The fourth-order valence-corrected chi connectivity index (χ4v) is 3.29. The maximum absolute atomic E-state index is 10.9. The Hall–Kier alpha value is -3.54. The maximum Gasteiger partial charge on any atom is 0.270 e. The van der Waals surface area contributed by atoms with Gasteiger partial charge in [0.15, 0.2) is 0 Å². The van der Waals surface area contributed by atoms with E-state index in [1.54, 1.807) is 0 Å². The highest BCUT2D eigenvalue weighted by Gasteiger charge is 2.21. The van der Waals surface area contributed by atoms with Gasteiger partial charge in [-0.15, -0.1) is 0 Å². The van der Waals surface area contributed by atoms with Crippen LogP contribution in [-0.2, 0) is 4.74 Å². The summed E-state index contributed by atoms with van der Waals surface area (Å²) < 4.78 is 5.40. The van der Waals surface area contributed by atoms with E-state index < -0.39 is 4.92 Å². The number of morpholine rings is 1. The Kier molecular flexibility index (Phi) is 5.84. The summed E-state index contributed by atoms with van der Waals surface area (Å²) in [5.41, 5.74) is 2.82. The van der Waals surface area contributed by atoms with Gasteiger partial charge >= 0.3 is 0 Å². The summed E-state index contributed by atoms with van der Waals surface area (Å²) >= 11 is 0. The first-order valence-corrected chi connectivity index (χ1v) is 9.70. The zero-order chi connectivity index (χ0) is 20.9. The first kappa shape index (κ1) is 19.8. The summed E-state index contributed by atoms with van der Waals surface area (Å²) in [7, 11) is 0. The topological polar surface area (TPSA) is 142 Å². The van der Waals surface area contributed by atoms with Gasteiger partial charge in [-0.05, 0) is 18.9 Å². The summed E-state index contributed by atoms with van der Waals surface area (Å²) in [5.74, 6) is 1.27. The lowest BCUT2D eigenvalue weighted by atomic mass is 10.2. The van der Waals surface area contributed by atoms with E-state index in [0.717, 1.165) is 25.9 Å². The Labute approximate surface area is 172 Å². The van der Waals surface area contributed by atoms with E-state index in [0.29, 0.717) is 38.2 Å². The first-order chi connectivity index (χ1) is 14.6. The minimum absolute atomic E-state index is 0.117. The molecule has 0 atom stereocenters. The second-order valence-corrected chi connectivity index (χ2v) is 6.92. The first-order valence-electron chi connectivity index (χ1n) is 9.70. The standard InChI is InChI=1S/C18H22N8O4/c27-15-4-3-14(26(28)29)11-13(15)12-19-23-16-20-17(24-5-1-2-6-24)22-18(21-16)25-7-9-30-10-8-25/h3-4,11-12,27H,1-2,5-10H2,(H,20,21,22,23)/b19-12+. The third-order valence-corrected chi connectivity index (χ3v) is 4.88. The Bertz CT molecular complexity index is 942. The predicted octanol–water partition coefficient (Wildman–Crippen LogP) is 1.37. The number of nitro groups is 1. The second kappa shape index (κ2) is 8.86. The molecule has 3 heterocycles. The van der Waals surface area contributed by atoms with Crippen LogP contribution in [0.5, 0.6) is 5.75 Å². The number of nitro benzene ring substituents is 1. The van der Waals surface area contributed by atoms with Crippen LogP contribution in [0.25, 0.3) is 0 Å². The van der Waals surface area contributed by atoms with Crippen LogP contribution in [0.1, 0.15) is 18.4 Å². The van der Waals surface area contributed by atoms with E-state index in [2.05, 4.69) is 30.4 Å². The van der Waals surface area contributed by atoms with Crippen LogP contribution in [0.15, 0.2) is 23.3 Å². The van der Waals surface area contributed by atoms with Gasteiger partial charge in [-0.2, -0.15) is 20.1 Å². The maximum atomic E-state index is 10.9. The van der Waals surface area contributed by atoms with Crippen molar-refractivity contribution in [1.29, 1.82) is 0 Å². The van der Waals surface area contributed by atoms with Crippen LogP contribution in [0.3, 0.4) is 0 Å². The normalized spacial score (nSPS) is 16.9. The summed E-state index contributed by atoms with van der Waals surface area (Å²) in [5, 5.41) is 24.9.